The number of nitrogens with zero attached hydrogens (tertiary/aromatic N) is 1. The van der Waals surface area contributed by atoms with Gasteiger partial charge in [0.25, 0.3) is 5.91 Å². The van der Waals surface area contributed by atoms with E-state index in [9.17, 15) is 9.59 Å². The average molecular weight is 395 g/mol. The van der Waals surface area contributed by atoms with Gasteiger partial charge in [-0.15, -0.1) is 0 Å². The van der Waals surface area contributed by atoms with Crippen LogP contribution in [0.15, 0.2) is 36.4 Å². The summed E-state index contributed by atoms with van der Waals surface area (Å²) in [4.78, 5) is 27.7. The number of Topliss-reactive ketones (excluding diaryl/α,β-unsaturated/α-hetero) is 1. The monoisotopic (exact) mass is 395 g/mol. The van der Waals surface area contributed by atoms with Gasteiger partial charge in [0.1, 0.15) is 28.4 Å². The minimum atomic E-state index is -0.593. The summed E-state index contributed by atoms with van der Waals surface area (Å²) in [7, 11) is 3.10. The third-order valence-corrected chi connectivity index (χ3v) is 5.92. The highest BCUT2D eigenvalue weighted by Gasteiger charge is 2.45. The molecule has 1 amide bonds. The number of methoxy groups -OCH3 is 2. The van der Waals surface area contributed by atoms with Crippen molar-refractivity contribution in [2.45, 2.75) is 31.8 Å². The van der Waals surface area contributed by atoms with E-state index < -0.39 is 5.60 Å². The molecule has 2 heterocycles. The Kier molecular flexibility index (Phi) is 4.94. The zero-order chi connectivity index (χ0) is 20.6. The van der Waals surface area contributed by atoms with Crippen molar-refractivity contribution in [3.05, 3.63) is 53.1 Å². The molecule has 2 aromatic rings. The van der Waals surface area contributed by atoms with Crippen molar-refractivity contribution >= 4 is 11.7 Å². The van der Waals surface area contributed by atoms with Crippen LogP contribution in [0.2, 0.25) is 0 Å². The number of amides is 1. The van der Waals surface area contributed by atoms with Crippen molar-refractivity contribution in [2.75, 3.05) is 27.3 Å². The maximum atomic E-state index is 12.9. The van der Waals surface area contributed by atoms with Gasteiger partial charge in [-0.2, -0.15) is 0 Å². The summed E-state index contributed by atoms with van der Waals surface area (Å²) in [6, 6.07) is 11.0. The molecule has 0 aliphatic carbocycles. The van der Waals surface area contributed by atoms with E-state index in [2.05, 4.69) is 0 Å². The first kappa shape index (κ1) is 19.3. The highest BCUT2D eigenvalue weighted by Crippen LogP contribution is 2.44. The van der Waals surface area contributed by atoms with E-state index in [1.807, 2.05) is 36.1 Å². The fourth-order valence-corrected chi connectivity index (χ4v) is 4.23. The molecule has 0 aromatic heterocycles. The molecule has 1 saturated heterocycles. The lowest BCUT2D eigenvalue weighted by molar-refractivity contribution is -0.00611. The van der Waals surface area contributed by atoms with Crippen LogP contribution in [0.1, 0.15) is 45.5 Å². The molecule has 152 valence electrons. The predicted molar refractivity (Wildman–Crippen MR) is 108 cm³/mol. The van der Waals surface area contributed by atoms with E-state index in [1.54, 1.807) is 19.2 Å². The van der Waals surface area contributed by atoms with E-state index in [-0.39, 0.29) is 18.1 Å². The van der Waals surface area contributed by atoms with Crippen LogP contribution in [-0.2, 0) is 0 Å². The second kappa shape index (κ2) is 7.43. The number of hydrogen-bond donors (Lipinski definition) is 0. The van der Waals surface area contributed by atoms with E-state index in [0.29, 0.717) is 48.7 Å². The summed E-state index contributed by atoms with van der Waals surface area (Å²) < 4.78 is 17.0. The predicted octanol–water partition coefficient (Wildman–Crippen LogP) is 3.65. The van der Waals surface area contributed by atoms with E-state index in [0.717, 1.165) is 11.1 Å². The molecular weight excluding hydrogens is 370 g/mol. The Bertz CT molecular complexity index is 960. The maximum Gasteiger partial charge on any atom is 0.254 e. The standard InChI is InChI=1S/C23H25NO5/c1-15-6-4-5-7-17(15)22(26)24-10-8-23(9-11-24)14-18(25)21-19(28-3)12-16(27-2)13-20(21)29-23/h4-7,12-13H,8-11,14H2,1-3H3. The van der Waals surface area contributed by atoms with Gasteiger partial charge in [-0.25, -0.2) is 0 Å². The third-order valence-electron chi connectivity index (χ3n) is 5.92. The second-order valence-electron chi connectivity index (χ2n) is 7.69. The Hall–Kier alpha value is -3.02. The fourth-order valence-electron chi connectivity index (χ4n) is 4.23. The number of piperidine rings is 1. The van der Waals surface area contributed by atoms with Gasteiger partial charge in [-0.05, 0) is 18.6 Å². The van der Waals surface area contributed by atoms with Crippen molar-refractivity contribution in [3.63, 3.8) is 0 Å². The highest BCUT2D eigenvalue weighted by atomic mass is 16.5. The van der Waals surface area contributed by atoms with E-state index in [1.165, 1.54) is 7.11 Å². The van der Waals surface area contributed by atoms with Crippen LogP contribution in [0, 0.1) is 6.92 Å². The molecule has 29 heavy (non-hydrogen) atoms. The molecule has 2 aliphatic heterocycles. The van der Waals surface area contributed by atoms with E-state index >= 15 is 0 Å². The average Bonchev–Trinajstić information content (AvgIpc) is 2.73. The zero-order valence-corrected chi connectivity index (χ0v) is 17.0. The number of aryl methyl sites for hydroxylation is 1. The summed E-state index contributed by atoms with van der Waals surface area (Å²) in [5.74, 6) is 1.58. The number of benzene rings is 2. The molecule has 0 radical (unpaired) electrons. The lowest BCUT2D eigenvalue weighted by Gasteiger charge is -2.44. The van der Waals surface area contributed by atoms with Crippen LogP contribution in [0.25, 0.3) is 0 Å². The highest BCUT2D eigenvalue weighted by molar-refractivity contribution is 6.03. The Balaban J connectivity index is 1.54. The van der Waals surface area contributed by atoms with E-state index in [4.69, 9.17) is 14.2 Å². The van der Waals surface area contributed by atoms with Crippen LogP contribution >= 0.6 is 0 Å². The third kappa shape index (κ3) is 3.43. The van der Waals surface area contributed by atoms with Crippen molar-refractivity contribution in [1.29, 1.82) is 0 Å². The van der Waals surface area contributed by atoms with Crippen LogP contribution in [0.3, 0.4) is 0 Å². The molecule has 4 rings (SSSR count). The lowest BCUT2D eigenvalue weighted by Crippen LogP contribution is -2.52. The fraction of sp³-hybridized carbons (Fsp3) is 0.391. The molecule has 2 aliphatic rings. The Morgan fingerprint density at radius 2 is 1.83 bits per heavy atom. The largest absolute Gasteiger partial charge is 0.496 e. The number of likely N-dealkylation sites (tertiary alicyclic amines) is 1. The summed E-state index contributed by atoms with van der Waals surface area (Å²) in [5.41, 5.74) is 1.57. The van der Waals surface area contributed by atoms with Crippen molar-refractivity contribution in [1.82, 2.24) is 4.90 Å². The Morgan fingerprint density at radius 3 is 2.48 bits per heavy atom. The first-order valence-corrected chi connectivity index (χ1v) is 9.79. The summed E-state index contributed by atoms with van der Waals surface area (Å²) >= 11 is 0. The molecule has 0 bridgehead atoms. The summed E-state index contributed by atoms with van der Waals surface area (Å²) in [6.45, 7) is 3.05. The van der Waals surface area contributed by atoms with Gasteiger partial charge in [-0.1, -0.05) is 18.2 Å². The quantitative estimate of drug-likeness (QED) is 0.794. The van der Waals surface area contributed by atoms with Crippen LogP contribution in [0.4, 0.5) is 0 Å². The number of hydrogen-bond acceptors (Lipinski definition) is 5. The van der Waals surface area contributed by atoms with Crippen LogP contribution in [0.5, 0.6) is 17.2 Å². The van der Waals surface area contributed by atoms with Crippen molar-refractivity contribution < 1.29 is 23.8 Å². The minimum Gasteiger partial charge on any atom is -0.496 e. The number of carbonyl (C=O) groups is 2. The molecule has 6 nitrogen and oxygen atoms in total. The molecule has 2 aromatic carbocycles. The molecule has 0 unspecified atom stereocenters. The molecule has 0 atom stereocenters. The van der Waals surface area contributed by atoms with Gasteiger partial charge in [0, 0.05) is 43.6 Å². The van der Waals surface area contributed by atoms with Crippen LogP contribution < -0.4 is 14.2 Å². The van der Waals surface area contributed by atoms with Gasteiger partial charge in [0.2, 0.25) is 0 Å². The Labute approximate surface area is 170 Å². The zero-order valence-electron chi connectivity index (χ0n) is 17.0. The summed E-state index contributed by atoms with van der Waals surface area (Å²) in [6.07, 6.45) is 1.50. The van der Waals surface area contributed by atoms with Crippen molar-refractivity contribution in [2.24, 2.45) is 0 Å². The van der Waals surface area contributed by atoms with Gasteiger partial charge >= 0.3 is 0 Å². The summed E-state index contributed by atoms with van der Waals surface area (Å²) in [5, 5.41) is 0. The smallest absolute Gasteiger partial charge is 0.254 e. The molecule has 1 fully saturated rings. The molecule has 0 saturated carbocycles. The van der Waals surface area contributed by atoms with Gasteiger partial charge in [0.15, 0.2) is 5.78 Å². The van der Waals surface area contributed by atoms with Gasteiger partial charge in [0.05, 0.1) is 20.6 Å². The minimum absolute atomic E-state index is 0.00411. The normalized spacial score (nSPS) is 17.5. The van der Waals surface area contributed by atoms with Crippen molar-refractivity contribution in [3.8, 4) is 17.2 Å². The van der Waals surface area contributed by atoms with Gasteiger partial charge < -0.3 is 19.1 Å². The molecular formula is C23H25NO5. The van der Waals surface area contributed by atoms with Gasteiger partial charge in [-0.3, -0.25) is 9.59 Å². The Morgan fingerprint density at radius 1 is 1.10 bits per heavy atom. The first-order chi connectivity index (χ1) is 14.0. The molecule has 1 spiro atoms. The maximum absolute atomic E-state index is 12.9. The number of carbonyl (C=O) groups excluding carboxylic acids is 2. The molecule has 0 N–H and O–H groups in total. The number of fused-ring (bicyclic) bond motifs is 1. The second-order valence-corrected chi connectivity index (χ2v) is 7.69. The number of rotatable bonds is 3. The number of ketones is 1. The SMILES string of the molecule is COc1cc(OC)c2c(c1)OC1(CCN(C(=O)c3ccccc3C)CC1)CC2=O. The van der Waals surface area contributed by atoms with Crippen LogP contribution in [-0.4, -0.2) is 49.5 Å². The topological polar surface area (TPSA) is 65.1 Å². The molecule has 6 heteroatoms. The number of ether oxygens (including phenoxy) is 3. The lowest BCUT2D eigenvalue weighted by atomic mass is 9.82. The first-order valence-electron chi connectivity index (χ1n) is 9.79.